The van der Waals surface area contributed by atoms with Crippen LogP contribution in [0.2, 0.25) is 0 Å². The van der Waals surface area contributed by atoms with E-state index in [1.807, 2.05) is 37.3 Å². The van der Waals surface area contributed by atoms with E-state index in [9.17, 15) is 28.0 Å². The van der Waals surface area contributed by atoms with Gasteiger partial charge in [0.25, 0.3) is 0 Å². The van der Waals surface area contributed by atoms with Gasteiger partial charge in [-0.25, -0.2) is 13.2 Å². The Morgan fingerprint density at radius 1 is 1.15 bits per heavy atom. The van der Waals surface area contributed by atoms with E-state index in [4.69, 9.17) is 4.74 Å². The molecule has 0 spiro atoms. The molecule has 1 aromatic heterocycles. The van der Waals surface area contributed by atoms with Crippen LogP contribution >= 0.6 is 0 Å². The van der Waals surface area contributed by atoms with Crippen molar-refractivity contribution >= 4 is 38.6 Å². The van der Waals surface area contributed by atoms with E-state index in [-0.39, 0.29) is 17.9 Å². The van der Waals surface area contributed by atoms with Crippen molar-refractivity contribution < 1.29 is 32.3 Å². The summed E-state index contributed by atoms with van der Waals surface area (Å²) in [4.78, 5) is 40.4. The number of rotatable bonds is 7. The van der Waals surface area contributed by atoms with Gasteiger partial charge in [-0.3, -0.25) is 9.59 Å². The second-order valence-corrected chi connectivity index (χ2v) is 11.5. The fourth-order valence-electron chi connectivity index (χ4n) is 5.32. The first-order chi connectivity index (χ1) is 18.7. The van der Waals surface area contributed by atoms with Crippen molar-refractivity contribution in [3.8, 4) is 5.75 Å². The molecule has 0 saturated carbocycles. The number of pyridine rings is 1. The summed E-state index contributed by atoms with van der Waals surface area (Å²) in [5.74, 6) is -0.555. The first-order valence-corrected chi connectivity index (χ1v) is 14.1. The zero-order valence-electron chi connectivity index (χ0n) is 21.2. The predicted octanol–water partition coefficient (Wildman–Crippen LogP) is 1.97. The molecule has 39 heavy (non-hydrogen) atoms. The van der Waals surface area contributed by atoms with Gasteiger partial charge in [0.1, 0.15) is 22.7 Å². The number of ether oxygens (including phenoxy) is 1. The monoisotopic (exact) mass is 552 g/mol. The number of aromatic nitrogens is 1. The SMILES string of the molecule is CCCC(NC(=O)Oc1ccc2ccccc2c1)C(=O)N1CCC2C1C(=O)CN2S(=O)(=O)c1ccc[n+]([O-])c1. The summed E-state index contributed by atoms with van der Waals surface area (Å²) >= 11 is 0. The Kier molecular flexibility index (Phi) is 7.23. The second-order valence-electron chi connectivity index (χ2n) is 9.63. The molecule has 0 bridgehead atoms. The maximum atomic E-state index is 13.5. The summed E-state index contributed by atoms with van der Waals surface area (Å²) in [6, 6.07) is 12.8. The largest absolute Gasteiger partial charge is 0.619 e. The number of carbonyl (C=O) groups excluding carboxylic acids is 3. The zero-order chi connectivity index (χ0) is 27.7. The highest BCUT2D eigenvalue weighted by Gasteiger charge is 2.54. The van der Waals surface area contributed by atoms with Crippen LogP contribution in [0.1, 0.15) is 26.2 Å². The highest BCUT2D eigenvalue weighted by atomic mass is 32.2. The molecule has 1 N–H and O–H groups in total. The number of carbonyl (C=O) groups is 3. The summed E-state index contributed by atoms with van der Waals surface area (Å²) in [7, 11) is -4.13. The number of ketones is 1. The highest BCUT2D eigenvalue weighted by molar-refractivity contribution is 7.89. The van der Waals surface area contributed by atoms with Crippen LogP contribution in [0.15, 0.2) is 71.9 Å². The summed E-state index contributed by atoms with van der Waals surface area (Å²) in [6.07, 6.45) is 2.44. The van der Waals surface area contributed by atoms with Crippen molar-refractivity contribution in [3.63, 3.8) is 0 Å². The van der Waals surface area contributed by atoms with E-state index in [1.54, 1.807) is 12.1 Å². The molecule has 12 heteroatoms. The van der Waals surface area contributed by atoms with Crippen LogP contribution in [0.5, 0.6) is 5.75 Å². The normalized spacial score (nSPS) is 20.1. The number of sulfonamides is 1. The number of likely N-dealkylation sites (tertiary alicyclic amines) is 1. The van der Waals surface area contributed by atoms with E-state index in [0.29, 0.717) is 23.3 Å². The average Bonchev–Trinajstić information content (AvgIpc) is 3.49. The van der Waals surface area contributed by atoms with Crippen LogP contribution in [0.3, 0.4) is 0 Å². The predicted molar refractivity (Wildman–Crippen MR) is 140 cm³/mol. The third-order valence-corrected chi connectivity index (χ3v) is 8.97. The Bertz CT molecular complexity index is 1540. The number of nitrogens with zero attached hydrogens (tertiary/aromatic N) is 3. The molecule has 3 atom stereocenters. The van der Waals surface area contributed by atoms with Crippen LogP contribution in [0, 0.1) is 5.21 Å². The molecule has 3 unspecified atom stereocenters. The minimum atomic E-state index is -4.13. The molecule has 2 fully saturated rings. The van der Waals surface area contributed by atoms with Crippen LogP contribution < -0.4 is 14.8 Å². The van der Waals surface area contributed by atoms with Gasteiger partial charge in [-0.05, 0) is 41.8 Å². The van der Waals surface area contributed by atoms with E-state index in [0.717, 1.165) is 21.3 Å². The lowest BCUT2D eigenvalue weighted by molar-refractivity contribution is -0.607. The smallest absolute Gasteiger partial charge is 0.413 e. The van der Waals surface area contributed by atoms with Gasteiger partial charge in [0.05, 0.1) is 12.6 Å². The van der Waals surface area contributed by atoms with Gasteiger partial charge >= 0.3 is 6.09 Å². The van der Waals surface area contributed by atoms with Crippen molar-refractivity contribution in [1.29, 1.82) is 0 Å². The summed E-state index contributed by atoms with van der Waals surface area (Å²) in [6.45, 7) is 1.62. The molecule has 2 saturated heterocycles. The maximum Gasteiger partial charge on any atom is 0.413 e. The third-order valence-electron chi connectivity index (χ3n) is 7.11. The van der Waals surface area contributed by atoms with Crippen molar-refractivity contribution in [1.82, 2.24) is 14.5 Å². The van der Waals surface area contributed by atoms with Gasteiger partial charge in [-0.2, -0.15) is 9.04 Å². The van der Waals surface area contributed by atoms with E-state index >= 15 is 0 Å². The Morgan fingerprint density at radius 2 is 1.92 bits per heavy atom. The Balaban J connectivity index is 1.30. The number of amides is 2. The molecule has 2 aromatic carbocycles. The number of benzene rings is 2. The van der Waals surface area contributed by atoms with Gasteiger partial charge in [0, 0.05) is 12.6 Å². The molecule has 2 amide bonds. The topological polar surface area (TPSA) is 140 Å². The van der Waals surface area contributed by atoms with Gasteiger partial charge in [-0.1, -0.05) is 43.7 Å². The lowest BCUT2D eigenvalue weighted by Crippen LogP contribution is -2.53. The van der Waals surface area contributed by atoms with Gasteiger partial charge in [0.15, 0.2) is 18.2 Å². The number of fused-ring (bicyclic) bond motifs is 2. The molecule has 0 radical (unpaired) electrons. The maximum absolute atomic E-state index is 13.5. The number of hydrogen-bond acceptors (Lipinski definition) is 7. The molecular formula is C27H28N4O7S. The highest BCUT2D eigenvalue weighted by Crippen LogP contribution is 2.34. The van der Waals surface area contributed by atoms with Gasteiger partial charge in [0.2, 0.25) is 15.9 Å². The Morgan fingerprint density at radius 3 is 2.67 bits per heavy atom. The minimum absolute atomic E-state index is 0.157. The first kappa shape index (κ1) is 26.6. The molecule has 2 aliphatic rings. The van der Waals surface area contributed by atoms with Crippen LogP contribution in [0.25, 0.3) is 10.8 Å². The first-order valence-electron chi connectivity index (χ1n) is 12.7. The molecule has 3 heterocycles. The van der Waals surface area contributed by atoms with Crippen LogP contribution in [0.4, 0.5) is 4.79 Å². The Labute approximate surface area is 225 Å². The molecule has 2 aliphatic heterocycles. The number of Topliss-reactive ketones (excluding diaryl/α,β-unsaturated/α-hetero) is 1. The van der Waals surface area contributed by atoms with E-state index < -0.39 is 52.5 Å². The standard InChI is InChI=1S/C27H28N4O7S/c1-2-6-22(28-27(34)38-20-11-10-18-7-3-4-8-19(18)15-20)26(33)30-14-12-23-25(30)24(32)17-31(23)39(36,37)21-9-5-13-29(35)16-21/h3-5,7-11,13,15-16,22-23,25H,2,6,12,14,17H2,1H3,(H,28,34). The molecule has 11 nitrogen and oxygen atoms in total. The molecule has 3 aromatic rings. The molecular weight excluding hydrogens is 524 g/mol. The molecule has 204 valence electrons. The van der Waals surface area contributed by atoms with E-state index in [2.05, 4.69) is 5.32 Å². The molecule has 5 rings (SSSR count). The summed E-state index contributed by atoms with van der Waals surface area (Å²) in [5.41, 5.74) is 0. The lowest BCUT2D eigenvalue weighted by atomic mass is 10.1. The minimum Gasteiger partial charge on any atom is -0.619 e. The number of hydrogen-bond donors (Lipinski definition) is 1. The molecule has 0 aliphatic carbocycles. The zero-order valence-corrected chi connectivity index (χ0v) is 22.0. The van der Waals surface area contributed by atoms with Crippen molar-refractivity contribution in [2.24, 2.45) is 0 Å². The van der Waals surface area contributed by atoms with Crippen LogP contribution in [-0.2, 0) is 19.6 Å². The third kappa shape index (κ3) is 5.17. The number of nitrogens with one attached hydrogen (secondary N) is 1. The van der Waals surface area contributed by atoms with Crippen LogP contribution in [-0.4, -0.2) is 66.6 Å². The second kappa shape index (κ2) is 10.6. The van der Waals surface area contributed by atoms with Crippen molar-refractivity contribution in [2.75, 3.05) is 13.1 Å². The van der Waals surface area contributed by atoms with E-state index in [1.165, 1.54) is 23.2 Å². The summed E-state index contributed by atoms with van der Waals surface area (Å²) in [5, 5.41) is 16.2. The lowest BCUT2D eigenvalue weighted by Gasteiger charge is -2.28. The van der Waals surface area contributed by atoms with Crippen molar-refractivity contribution in [3.05, 3.63) is 72.2 Å². The van der Waals surface area contributed by atoms with Crippen molar-refractivity contribution in [2.45, 2.75) is 49.2 Å². The fourth-order valence-corrected chi connectivity index (χ4v) is 6.95. The Hall–Kier alpha value is -4.03. The average molecular weight is 553 g/mol. The summed E-state index contributed by atoms with van der Waals surface area (Å²) < 4.78 is 33.4. The fraction of sp³-hybridized carbons (Fsp3) is 0.333. The quantitative estimate of drug-likeness (QED) is 0.349. The van der Waals surface area contributed by atoms with Gasteiger partial charge < -0.3 is 20.2 Å². The van der Waals surface area contributed by atoms with Gasteiger partial charge in [-0.15, -0.1) is 0 Å².